The first-order chi connectivity index (χ1) is 12.2. The third kappa shape index (κ3) is 3.59. The Balaban J connectivity index is 1.46. The van der Waals surface area contributed by atoms with Gasteiger partial charge in [-0.15, -0.1) is 10.2 Å². The molecule has 1 saturated heterocycles. The van der Waals surface area contributed by atoms with Gasteiger partial charge in [0.1, 0.15) is 0 Å². The lowest BCUT2D eigenvalue weighted by Crippen LogP contribution is -2.46. The standard InChI is InChI=1S/C18H24ClN5O/c19-14-8-9-16-21-22-18(24(16)12-14)23-10-4-5-13(11-23)17(25)20-15-6-2-1-3-7-15/h8-9,12-13,15H,1-7,10-11H2,(H,20,25)/t13-/m1/s1. The number of nitrogens with zero attached hydrogens (tertiary/aromatic N) is 4. The van der Waals surface area contributed by atoms with Gasteiger partial charge in [0.05, 0.1) is 10.9 Å². The van der Waals surface area contributed by atoms with E-state index in [9.17, 15) is 4.79 Å². The highest BCUT2D eigenvalue weighted by atomic mass is 35.5. The third-order valence-electron chi connectivity index (χ3n) is 5.37. The lowest BCUT2D eigenvalue weighted by Gasteiger charge is -2.33. The molecule has 2 aromatic heterocycles. The zero-order chi connectivity index (χ0) is 17.2. The van der Waals surface area contributed by atoms with Crippen LogP contribution in [0.3, 0.4) is 0 Å². The number of rotatable bonds is 3. The monoisotopic (exact) mass is 361 g/mol. The summed E-state index contributed by atoms with van der Waals surface area (Å²) in [5.74, 6) is 0.985. The Morgan fingerprint density at radius 3 is 2.80 bits per heavy atom. The zero-order valence-corrected chi connectivity index (χ0v) is 15.1. The van der Waals surface area contributed by atoms with E-state index in [0.29, 0.717) is 17.6 Å². The molecule has 0 aromatic carbocycles. The number of anilines is 1. The number of halogens is 1. The van der Waals surface area contributed by atoms with Crippen molar-refractivity contribution in [3.63, 3.8) is 0 Å². The van der Waals surface area contributed by atoms with E-state index in [0.717, 1.165) is 43.8 Å². The fraction of sp³-hybridized carbons (Fsp3) is 0.611. The van der Waals surface area contributed by atoms with Gasteiger partial charge in [0, 0.05) is 25.3 Å². The molecule has 0 bridgehead atoms. The highest BCUT2D eigenvalue weighted by Crippen LogP contribution is 2.25. The predicted molar refractivity (Wildman–Crippen MR) is 97.9 cm³/mol. The average Bonchev–Trinajstić information content (AvgIpc) is 3.05. The first-order valence-corrected chi connectivity index (χ1v) is 9.64. The van der Waals surface area contributed by atoms with Crippen molar-refractivity contribution in [2.24, 2.45) is 5.92 Å². The molecule has 1 aliphatic heterocycles. The molecule has 0 spiro atoms. The van der Waals surface area contributed by atoms with E-state index in [4.69, 9.17) is 11.6 Å². The third-order valence-corrected chi connectivity index (χ3v) is 5.60. The summed E-state index contributed by atoms with van der Waals surface area (Å²) in [7, 11) is 0. The summed E-state index contributed by atoms with van der Waals surface area (Å²) in [6.45, 7) is 1.58. The summed E-state index contributed by atoms with van der Waals surface area (Å²) in [5, 5.41) is 12.4. The molecule has 7 heteroatoms. The van der Waals surface area contributed by atoms with Crippen LogP contribution in [-0.4, -0.2) is 39.6 Å². The molecule has 2 aromatic rings. The number of carbonyl (C=O) groups excluding carboxylic acids is 1. The maximum atomic E-state index is 12.7. The predicted octanol–water partition coefficient (Wildman–Crippen LogP) is 3.05. The van der Waals surface area contributed by atoms with Crippen LogP contribution in [0, 0.1) is 5.92 Å². The molecule has 0 unspecified atom stereocenters. The van der Waals surface area contributed by atoms with Gasteiger partial charge in [0.25, 0.3) is 0 Å². The van der Waals surface area contributed by atoms with Crippen molar-refractivity contribution in [2.45, 2.75) is 51.0 Å². The fourth-order valence-electron chi connectivity index (χ4n) is 4.01. The summed E-state index contributed by atoms with van der Waals surface area (Å²) in [4.78, 5) is 14.9. The zero-order valence-electron chi connectivity index (χ0n) is 14.3. The van der Waals surface area contributed by atoms with Crippen molar-refractivity contribution in [1.82, 2.24) is 19.9 Å². The van der Waals surface area contributed by atoms with Gasteiger partial charge in [-0.1, -0.05) is 30.9 Å². The molecule has 4 rings (SSSR count). The van der Waals surface area contributed by atoms with Crippen molar-refractivity contribution >= 4 is 29.1 Å². The largest absolute Gasteiger partial charge is 0.353 e. The number of carbonyl (C=O) groups is 1. The van der Waals surface area contributed by atoms with Crippen LogP contribution in [0.4, 0.5) is 5.95 Å². The first kappa shape index (κ1) is 16.6. The maximum absolute atomic E-state index is 12.7. The molecule has 25 heavy (non-hydrogen) atoms. The van der Waals surface area contributed by atoms with Crippen LogP contribution in [-0.2, 0) is 4.79 Å². The van der Waals surface area contributed by atoms with Crippen LogP contribution in [0.25, 0.3) is 5.65 Å². The molecule has 2 aliphatic rings. The second kappa shape index (κ2) is 7.20. The molecule has 1 saturated carbocycles. The minimum atomic E-state index is 0.0159. The summed E-state index contributed by atoms with van der Waals surface area (Å²) in [6, 6.07) is 4.03. The van der Waals surface area contributed by atoms with E-state index in [-0.39, 0.29) is 11.8 Å². The van der Waals surface area contributed by atoms with Crippen molar-refractivity contribution in [3.05, 3.63) is 23.4 Å². The Morgan fingerprint density at radius 1 is 1.12 bits per heavy atom. The molecule has 134 valence electrons. The normalized spacial score (nSPS) is 22.3. The molecule has 0 radical (unpaired) electrons. The Morgan fingerprint density at radius 2 is 1.96 bits per heavy atom. The van der Waals surface area contributed by atoms with E-state index in [2.05, 4.69) is 20.4 Å². The Labute approximate surface area is 152 Å². The van der Waals surface area contributed by atoms with Gasteiger partial charge in [-0.3, -0.25) is 9.20 Å². The Hall–Kier alpha value is -1.82. The van der Waals surface area contributed by atoms with E-state index in [1.165, 1.54) is 19.3 Å². The molecule has 1 atom stereocenters. The van der Waals surface area contributed by atoms with Crippen LogP contribution in [0.1, 0.15) is 44.9 Å². The minimum Gasteiger partial charge on any atom is -0.353 e. The Bertz CT molecular complexity index is 755. The van der Waals surface area contributed by atoms with Gasteiger partial charge in [-0.25, -0.2) is 0 Å². The van der Waals surface area contributed by atoms with Gasteiger partial charge in [0.15, 0.2) is 5.65 Å². The quantitative estimate of drug-likeness (QED) is 0.912. The topological polar surface area (TPSA) is 62.5 Å². The minimum absolute atomic E-state index is 0.0159. The van der Waals surface area contributed by atoms with E-state index < -0.39 is 0 Å². The number of hydrogen-bond acceptors (Lipinski definition) is 4. The molecular weight excluding hydrogens is 338 g/mol. The molecule has 1 N–H and O–H groups in total. The molecular formula is C18H24ClN5O. The van der Waals surface area contributed by atoms with Crippen molar-refractivity contribution in [2.75, 3.05) is 18.0 Å². The molecule has 2 fully saturated rings. The van der Waals surface area contributed by atoms with Crippen molar-refractivity contribution in [3.8, 4) is 0 Å². The smallest absolute Gasteiger partial charge is 0.231 e. The van der Waals surface area contributed by atoms with Crippen molar-refractivity contribution < 1.29 is 4.79 Å². The second-order valence-electron chi connectivity index (χ2n) is 7.20. The van der Waals surface area contributed by atoms with Crippen LogP contribution < -0.4 is 10.2 Å². The summed E-state index contributed by atoms with van der Waals surface area (Å²) >= 11 is 6.12. The molecule has 1 aliphatic carbocycles. The number of nitrogens with one attached hydrogen (secondary N) is 1. The number of amides is 1. The number of piperidine rings is 1. The van der Waals surface area contributed by atoms with Crippen molar-refractivity contribution in [1.29, 1.82) is 0 Å². The number of fused-ring (bicyclic) bond motifs is 1. The van der Waals surface area contributed by atoms with Gasteiger partial charge in [-0.2, -0.15) is 0 Å². The number of aromatic nitrogens is 3. The van der Waals surface area contributed by atoms with Gasteiger partial charge >= 0.3 is 0 Å². The van der Waals surface area contributed by atoms with Crippen LogP contribution in [0.2, 0.25) is 5.02 Å². The van der Waals surface area contributed by atoms with E-state index >= 15 is 0 Å². The van der Waals surface area contributed by atoms with Crippen LogP contribution >= 0.6 is 11.6 Å². The maximum Gasteiger partial charge on any atom is 0.231 e. The second-order valence-corrected chi connectivity index (χ2v) is 7.64. The lowest BCUT2D eigenvalue weighted by atomic mass is 9.93. The molecule has 3 heterocycles. The van der Waals surface area contributed by atoms with Crippen LogP contribution in [0.5, 0.6) is 0 Å². The summed E-state index contributed by atoms with van der Waals surface area (Å²) < 4.78 is 1.91. The van der Waals surface area contributed by atoms with Gasteiger partial charge in [0.2, 0.25) is 11.9 Å². The van der Waals surface area contributed by atoms with E-state index in [1.807, 2.05) is 22.7 Å². The van der Waals surface area contributed by atoms with Gasteiger partial charge in [-0.05, 0) is 37.8 Å². The average molecular weight is 362 g/mol. The fourth-order valence-corrected chi connectivity index (χ4v) is 4.17. The number of hydrogen-bond donors (Lipinski definition) is 1. The summed E-state index contributed by atoms with van der Waals surface area (Å²) in [6.07, 6.45) is 9.75. The lowest BCUT2D eigenvalue weighted by molar-refractivity contribution is -0.126. The highest BCUT2D eigenvalue weighted by Gasteiger charge is 2.29. The highest BCUT2D eigenvalue weighted by molar-refractivity contribution is 6.30. The van der Waals surface area contributed by atoms with E-state index in [1.54, 1.807) is 0 Å². The van der Waals surface area contributed by atoms with Gasteiger partial charge < -0.3 is 10.2 Å². The van der Waals surface area contributed by atoms with Crippen LogP contribution in [0.15, 0.2) is 18.3 Å². The first-order valence-electron chi connectivity index (χ1n) is 9.26. The number of pyridine rings is 1. The molecule has 1 amide bonds. The molecule has 6 nitrogen and oxygen atoms in total. The SMILES string of the molecule is O=C(NC1CCCCC1)[C@@H]1CCCN(c2nnc3ccc(Cl)cn23)C1. The Kier molecular flexibility index (Phi) is 4.79. The summed E-state index contributed by atoms with van der Waals surface area (Å²) in [5.41, 5.74) is 0.771.